The number of anilines is 1. The van der Waals surface area contributed by atoms with Gasteiger partial charge in [-0.1, -0.05) is 0 Å². The summed E-state index contributed by atoms with van der Waals surface area (Å²) in [6.07, 6.45) is 1.67. The summed E-state index contributed by atoms with van der Waals surface area (Å²) in [6, 6.07) is 5.77. The van der Waals surface area contributed by atoms with E-state index in [0.29, 0.717) is 10.7 Å². The van der Waals surface area contributed by atoms with Crippen LogP contribution in [0.15, 0.2) is 29.8 Å². The molecule has 0 unspecified atom stereocenters. The lowest BCUT2D eigenvalue weighted by Gasteiger charge is -2.04. The molecule has 0 bridgehead atoms. The van der Waals surface area contributed by atoms with E-state index in [1.807, 2.05) is 23.6 Å². The number of thiazole rings is 1. The van der Waals surface area contributed by atoms with E-state index in [-0.39, 0.29) is 5.91 Å². The molecule has 1 heterocycles. The normalized spacial score (nSPS) is 10.1. The number of nitrogens with one attached hydrogen (secondary N) is 1. The number of hydrogen-bond acceptors (Lipinski definition) is 3. The molecule has 1 aromatic heterocycles. The number of nitrogens with zero attached hydrogens (tertiary/aromatic N) is 1. The Labute approximate surface area is 124 Å². The van der Waals surface area contributed by atoms with Gasteiger partial charge in [0.1, 0.15) is 0 Å². The molecule has 0 spiro atoms. The van der Waals surface area contributed by atoms with Gasteiger partial charge < -0.3 is 0 Å². The Hall–Kier alpha value is -0.220. The summed E-state index contributed by atoms with van der Waals surface area (Å²) in [7, 11) is 0. The van der Waals surface area contributed by atoms with Crippen molar-refractivity contribution < 1.29 is 4.79 Å². The number of halogens is 2. The van der Waals surface area contributed by atoms with Crippen LogP contribution in [0.5, 0.6) is 0 Å². The van der Waals surface area contributed by atoms with Gasteiger partial charge in [0.25, 0.3) is 5.91 Å². The van der Waals surface area contributed by atoms with Crippen LogP contribution in [0.2, 0.25) is 0 Å². The molecule has 1 aromatic carbocycles. The standard InChI is InChI=1S/C10H6I2N2OS/c11-6-1-2-8(12)7(5-6)9(15)14-10-13-3-4-16-10/h1-5H,(H,13,14,15). The van der Waals surface area contributed by atoms with E-state index in [1.165, 1.54) is 11.3 Å². The minimum absolute atomic E-state index is 0.113. The summed E-state index contributed by atoms with van der Waals surface area (Å²) in [5.74, 6) is -0.113. The first kappa shape index (κ1) is 12.2. The van der Waals surface area contributed by atoms with E-state index in [4.69, 9.17) is 0 Å². The molecule has 3 nitrogen and oxygen atoms in total. The number of amides is 1. The SMILES string of the molecule is O=C(Nc1nccs1)c1cc(I)ccc1I. The second kappa shape index (κ2) is 5.41. The van der Waals surface area contributed by atoms with Gasteiger partial charge in [-0.2, -0.15) is 0 Å². The minimum atomic E-state index is -0.113. The van der Waals surface area contributed by atoms with Crippen LogP contribution in [0.3, 0.4) is 0 Å². The predicted molar refractivity (Wildman–Crippen MR) is 81.9 cm³/mol. The van der Waals surface area contributed by atoms with Crippen LogP contribution in [-0.4, -0.2) is 10.9 Å². The van der Waals surface area contributed by atoms with E-state index in [0.717, 1.165) is 7.14 Å². The van der Waals surface area contributed by atoms with Crippen molar-refractivity contribution in [3.8, 4) is 0 Å². The van der Waals surface area contributed by atoms with Crippen molar-refractivity contribution in [2.24, 2.45) is 0 Å². The third-order valence-electron chi connectivity index (χ3n) is 1.83. The first-order valence-electron chi connectivity index (χ1n) is 4.33. The lowest BCUT2D eigenvalue weighted by molar-refractivity contribution is 0.102. The number of carbonyl (C=O) groups is 1. The van der Waals surface area contributed by atoms with Crippen molar-refractivity contribution >= 4 is 67.6 Å². The maximum absolute atomic E-state index is 11.9. The lowest BCUT2D eigenvalue weighted by atomic mass is 10.2. The summed E-state index contributed by atoms with van der Waals surface area (Å²) in [5.41, 5.74) is 0.683. The fourth-order valence-electron chi connectivity index (χ4n) is 1.12. The number of hydrogen-bond donors (Lipinski definition) is 1. The number of aromatic nitrogens is 1. The molecule has 0 atom stereocenters. The van der Waals surface area contributed by atoms with Crippen molar-refractivity contribution in [1.29, 1.82) is 0 Å². The van der Waals surface area contributed by atoms with Gasteiger partial charge in [0, 0.05) is 18.7 Å². The van der Waals surface area contributed by atoms with E-state index >= 15 is 0 Å². The Morgan fingerprint density at radius 1 is 1.38 bits per heavy atom. The lowest BCUT2D eigenvalue weighted by Crippen LogP contribution is -2.13. The molecule has 0 aliphatic carbocycles. The van der Waals surface area contributed by atoms with Gasteiger partial charge in [-0.05, 0) is 63.4 Å². The topological polar surface area (TPSA) is 42.0 Å². The fourth-order valence-corrected chi connectivity index (χ4v) is 2.72. The Bertz CT molecular complexity index is 514. The molecular formula is C10H6I2N2OS. The second-order valence-electron chi connectivity index (χ2n) is 2.92. The molecular weight excluding hydrogens is 450 g/mol. The highest BCUT2D eigenvalue weighted by molar-refractivity contribution is 14.1. The Balaban J connectivity index is 2.24. The van der Waals surface area contributed by atoms with E-state index in [9.17, 15) is 4.79 Å². The van der Waals surface area contributed by atoms with Crippen molar-refractivity contribution in [3.63, 3.8) is 0 Å². The summed E-state index contributed by atoms with van der Waals surface area (Å²) in [5, 5.41) is 5.22. The molecule has 82 valence electrons. The fraction of sp³-hybridized carbons (Fsp3) is 0. The Morgan fingerprint density at radius 2 is 2.19 bits per heavy atom. The zero-order valence-electron chi connectivity index (χ0n) is 7.91. The van der Waals surface area contributed by atoms with Gasteiger partial charge >= 0.3 is 0 Å². The van der Waals surface area contributed by atoms with Crippen LogP contribution in [-0.2, 0) is 0 Å². The van der Waals surface area contributed by atoms with E-state index < -0.39 is 0 Å². The molecule has 0 aliphatic rings. The zero-order valence-corrected chi connectivity index (χ0v) is 13.0. The van der Waals surface area contributed by atoms with Crippen LogP contribution in [0, 0.1) is 7.14 Å². The van der Waals surface area contributed by atoms with Gasteiger partial charge in [0.2, 0.25) is 0 Å². The molecule has 0 saturated heterocycles. The summed E-state index contributed by atoms with van der Waals surface area (Å²) >= 11 is 5.75. The van der Waals surface area contributed by atoms with Gasteiger partial charge in [0.15, 0.2) is 5.13 Å². The average Bonchev–Trinajstić information content (AvgIpc) is 2.74. The van der Waals surface area contributed by atoms with Gasteiger partial charge in [-0.3, -0.25) is 10.1 Å². The van der Waals surface area contributed by atoms with Crippen molar-refractivity contribution in [3.05, 3.63) is 42.5 Å². The van der Waals surface area contributed by atoms with Crippen molar-refractivity contribution in [2.75, 3.05) is 5.32 Å². The molecule has 1 N–H and O–H groups in total. The smallest absolute Gasteiger partial charge is 0.258 e. The van der Waals surface area contributed by atoms with Crippen LogP contribution in [0.4, 0.5) is 5.13 Å². The third kappa shape index (κ3) is 2.92. The molecule has 0 radical (unpaired) electrons. The molecule has 2 aromatic rings. The van der Waals surface area contributed by atoms with Gasteiger partial charge in [-0.25, -0.2) is 4.98 Å². The number of benzene rings is 1. The highest BCUT2D eigenvalue weighted by Crippen LogP contribution is 2.18. The quantitative estimate of drug-likeness (QED) is 0.703. The van der Waals surface area contributed by atoms with Gasteiger partial charge in [-0.15, -0.1) is 11.3 Å². The number of carbonyl (C=O) groups excluding carboxylic acids is 1. The van der Waals surface area contributed by atoms with Crippen LogP contribution < -0.4 is 5.32 Å². The molecule has 0 aliphatic heterocycles. The van der Waals surface area contributed by atoms with Crippen molar-refractivity contribution in [1.82, 2.24) is 4.98 Å². The van der Waals surface area contributed by atoms with Crippen LogP contribution in [0.25, 0.3) is 0 Å². The summed E-state index contributed by atoms with van der Waals surface area (Å²) in [4.78, 5) is 15.9. The van der Waals surface area contributed by atoms with E-state index in [2.05, 4.69) is 55.5 Å². The molecule has 6 heteroatoms. The molecule has 0 saturated carbocycles. The Morgan fingerprint density at radius 3 is 2.88 bits per heavy atom. The summed E-state index contributed by atoms with van der Waals surface area (Å²) < 4.78 is 1.98. The monoisotopic (exact) mass is 456 g/mol. The van der Waals surface area contributed by atoms with E-state index in [1.54, 1.807) is 6.20 Å². The predicted octanol–water partition coefficient (Wildman–Crippen LogP) is 3.60. The van der Waals surface area contributed by atoms with Crippen LogP contribution >= 0.6 is 56.5 Å². The molecule has 0 fully saturated rings. The summed E-state index contributed by atoms with van der Waals surface area (Å²) in [6.45, 7) is 0. The number of rotatable bonds is 2. The molecule has 16 heavy (non-hydrogen) atoms. The molecule has 1 amide bonds. The molecule has 2 rings (SSSR count). The largest absolute Gasteiger partial charge is 0.298 e. The maximum Gasteiger partial charge on any atom is 0.258 e. The highest BCUT2D eigenvalue weighted by Gasteiger charge is 2.11. The second-order valence-corrected chi connectivity index (χ2v) is 6.22. The average molecular weight is 456 g/mol. The maximum atomic E-state index is 11.9. The van der Waals surface area contributed by atoms with Crippen molar-refractivity contribution in [2.45, 2.75) is 0 Å². The zero-order chi connectivity index (χ0) is 11.5. The minimum Gasteiger partial charge on any atom is -0.298 e. The third-order valence-corrected chi connectivity index (χ3v) is 4.13. The Kier molecular flexibility index (Phi) is 4.14. The highest BCUT2D eigenvalue weighted by atomic mass is 127. The first-order valence-corrected chi connectivity index (χ1v) is 7.36. The van der Waals surface area contributed by atoms with Crippen LogP contribution in [0.1, 0.15) is 10.4 Å². The first-order chi connectivity index (χ1) is 7.66. The van der Waals surface area contributed by atoms with Gasteiger partial charge in [0.05, 0.1) is 5.56 Å².